The molecule has 0 atom stereocenters. The first-order valence-electron chi connectivity index (χ1n) is 5.43. The van der Waals surface area contributed by atoms with E-state index in [0.29, 0.717) is 13.0 Å². The van der Waals surface area contributed by atoms with Crippen LogP contribution in [-0.4, -0.2) is 19.6 Å². The van der Waals surface area contributed by atoms with Gasteiger partial charge in [0.15, 0.2) is 0 Å². The molecule has 1 aromatic rings. The molecule has 16 heavy (non-hydrogen) atoms. The van der Waals surface area contributed by atoms with Gasteiger partial charge in [-0.3, -0.25) is 4.79 Å². The SMILES string of the molecule is COC(=O)CCNc1cc(C)c(C)cc1C. The van der Waals surface area contributed by atoms with Gasteiger partial charge >= 0.3 is 5.97 Å². The van der Waals surface area contributed by atoms with Crippen LogP contribution in [0.25, 0.3) is 0 Å². The number of rotatable bonds is 4. The molecule has 1 rings (SSSR count). The van der Waals surface area contributed by atoms with Crippen LogP contribution in [0, 0.1) is 20.8 Å². The third-order valence-electron chi connectivity index (χ3n) is 2.71. The zero-order chi connectivity index (χ0) is 12.1. The molecule has 0 amide bonds. The molecule has 0 aliphatic carbocycles. The Labute approximate surface area is 96.8 Å². The molecule has 0 aliphatic rings. The normalized spacial score (nSPS) is 10.0. The summed E-state index contributed by atoms with van der Waals surface area (Å²) < 4.78 is 4.58. The lowest BCUT2D eigenvalue weighted by molar-refractivity contribution is -0.140. The maximum Gasteiger partial charge on any atom is 0.307 e. The molecule has 0 heterocycles. The first kappa shape index (κ1) is 12.6. The number of ether oxygens (including phenoxy) is 1. The van der Waals surface area contributed by atoms with Crippen LogP contribution in [0.15, 0.2) is 12.1 Å². The number of carbonyl (C=O) groups is 1. The van der Waals surface area contributed by atoms with Crippen LogP contribution in [0.3, 0.4) is 0 Å². The van der Waals surface area contributed by atoms with E-state index in [1.54, 1.807) is 0 Å². The highest BCUT2D eigenvalue weighted by atomic mass is 16.5. The second-order valence-corrected chi connectivity index (χ2v) is 4.00. The molecule has 88 valence electrons. The van der Waals surface area contributed by atoms with Crippen LogP contribution >= 0.6 is 0 Å². The Balaban J connectivity index is 2.60. The summed E-state index contributed by atoms with van der Waals surface area (Å²) in [5.41, 5.74) is 4.84. The highest BCUT2D eigenvalue weighted by Gasteiger charge is 2.03. The van der Waals surface area contributed by atoms with Crippen molar-refractivity contribution in [3.63, 3.8) is 0 Å². The van der Waals surface area contributed by atoms with E-state index in [9.17, 15) is 4.79 Å². The number of esters is 1. The van der Waals surface area contributed by atoms with Gasteiger partial charge in [0.2, 0.25) is 0 Å². The van der Waals surface area contributed by atoms with E-state index < -0.39 is 0 Å². The average molecular weight is 221 g/mol. The van der Waals surface area contributed by atoms with Crippen molar-refractivity contribution in [2.75, 3.05) is 19.0 Å². The summed E-state index contributed by atoms with van der Waals surface area (Å²) in [6, 6.07) is 4.26. The molecule has 0 saturated heterocycles. The van der Waals surface area contributed by atoms with Crippen molar-refractivity contribution in [3.8, 4) is 0 Å². The van der Waals surface area contributed by atoms with Crippen molar-refractivity contribution < 1.29 is 9.53 Å². The highest BCUT2D eigenvalue weighted by molar-refractivity contribution is 5.70. The minimum atomic E-state index is -0.186. The minimum Gasteiger partial charge on any atom is -0.469 e. The van der Waals surface area contributed by atoms with Crippen LogP contribution in [0.5, 0.6) is 0 Å². The van der Waals surface area contributed by atoms with Gasteiger partial charge in [0.05, 0.1) is 13.5 Å². The van der Waals surface area contributed by atoms with E-state index in [4.69, 9.17) is 0 Å². The summed E-state index contributed by atoms with van der Waals surface area (Å²) in [5.74, 6) is -0.186. The lowest BCUT2D eigenvalue weighted by Crippen LogP contribution is -2.10. The van der Waals surface area contributed by atoms with Crippen molar-refractivity contribution in [2.24, 2.45) is 0 Å². The van der Waals surface area contributed by atoms with Crippen LogP contribution in [0.4, 0.5) is 5.69 Å². The second-order valence-electron chi connectivity index (χ2n) is 4.00. The molecule has 0 spiro atoms. The largest absolute Gasteiger partial charge is 0.469 e. The number of carbonyl (C=O) groups excluding carboxylic acids is 1. The number of anilines is 1. The predicted octanol–water partition coefficient (Wildman–Crippen LogP) is 2.59. The first-order chi connectivity index (χ1) is 7.54. The molecule has 3 nitrogen and oxygen atoms in total. The minimum absolute atomic E-state index is 0.186. The van der Waals surface area contributed by atoms with Gasteiger partial charge in [0.1, 0.15) is 0 Å². The molecule has 1 N–H and O–H groups in total. The number of hydrogen-bond donors (Lipinski definition) is 1. The Bertz CT molecular complexity index is 386. The fraction of sp³-hybridized carbons (Fsp3) is 0.462. The van der Waals surface area contributed by atoms with Gasteiger partial charge in [-0.2, -0.15) is 0 Å². The smallest absolute Gasteiger partial charge is 0.307 e. The molecule has 1 aromatic carbocycles. The van der Waals surface area contributed by atoms with Crippen LogP contribution in [0.2, 0.25) is 0 Å². The van der Waals surface area contributed by atoms with Crippen LogP contribution in [-0.2, 0) is 9.53 Å². The molecule has 0 unspecified atom stereocenters. The Morgan fingerprint density at radius 3 is 2.44 bits per heavy atom. The topological polar surface area (TPSA) is 38.3 Å². The molecular weight excluding hydrogens is 202 g/mol. The molecule has 3 heteroatoms. The molecule has 0 aromatic heterocycles. The Hall–Kier alpha value is -1.51. The Kier molecular flexibility index (Phi) is 4.35. The van der Waals surface area contributed by atoms with Gasteiger partial charge in [0, 0.05) is 12.2 Å². The van der Waals surface area contributed by atoms with Crippen LogP contribution < -0.4 is 5.32 Å². The van der Waals surface area contributed by atoms with Crippen molar-refractivity contribution in [2.45, 2.75) is 27.2 Å². The van der Waals surface area contributed by atoms with Gasteiger partial charge in [-0.1, -0.05) is 6.07 Å². The summed E-state index contributed by atoms with van der Waals surface area (Å²) in [5, 5.41) is 3.25. The predicted molar refractivity (Wildman–Crippen MR) is 65.8 cm³/mol. The van der Waals surface area contributed by atoms with Crippen molar-refractivity contribution in [1.29, 1.82) is 0 Å². The summed E-state index contributed by atoms with van der Waals surface area (Å²) in [6.07, 6.45) is 0.392. The van der Waals surface area contributed by atoms with E-state index in [2.05, 4.69) is 43.0 Å². The summed E-state index contributed by atoms with van der Waals surface area (Å²) in [6.45, 7) is 6.85. The van der Waals surface area contributed by atoms with Crippen molar-refractivity contribution in [1.82, 2.24) is 0 Å². The Morgan fingerprint density at radius 2 is 1.81 bits per heavy atom. The zero-order valence-corrected chi connectivity index (χ0v) is 10.4. The van der Waals surface area contributed by atoms with Gasteiger partial charge < -0.3 is 10.1 Å². The summed E-state index contributed by atoms with van der Waals surface area (Å²) in [4.78, 5) is 10.9. The number of benzene rings is 1. The van der Waals surface area contributed by atoms with E-state index in [-0.39, 0.29) is 5.97 Å². The monoisotopic (exact) mass is 221 g/mol. The third kappa shape index (κ3) is 3.26. The van der Waals surface area contributed by atoms with E-state index in [1.165, 1.54) is 23.8 Å². The van der Waals surface area contributed by atoms with E-state index in [0.717, 1.165) is 5.69 Å². The number of nitrogens with one attached hydrogen (secondary N) is 1. The lowest BCUT2D eigenvalue weighted by Gasteiger charge is -2.11. The maximum atomic E-state index is 10.9. The van der Waals surface area contributed by atoms with Crippen molar-refractivity contribution >= 4 is 11.7 Å². The highest BCUT2D eigenvalue weighted by Crippen LogP contribution is 2.19. The fourth-order valence-electron chi connectivity index (χ4n) is 1.55. The molecule has 0 saturated carbocycles. The van der Waals surface area contributed by atoms with Crippen LogP contribution in [0.1, 0.15) is 23.1 Å². The molecule has 0 bridgehead atoms. The standard InChI is InChI=1S/C13H19NO2/c1-9-7-11(3)12(8-10(9)2)14-6-5-13(15)16-4/h7-8,14H,5-6H2,1-4H3. The summed E-state index contributed by atoms with van der Waals surface area (Å²) in [7, 11) is 1.41. The van der Waals surface area contributed by atoms with Crippen molar-refractivity contribution in [3.05, 3.63) is 28.8 Å². The summed E-state index contributed by atoms with van der Waals surface area (Å²) >= 11 is 0. The first-order valence-corrected chi connectivity index (χ1v) is 5.43. The fourth-order valence-corrected chi connectivity index (χ4v) is 1.55. The molecule has 0 aliphatic heterocycles. The van der Waals surface area contributed by atoms with Gasteiger partial charge in [-0.25, -0.2) is 0 Å². The van der Waals surface area contributed by atoms with E-state index >= 15 is 0 Å². The molecule has 0 radical (unpaired) electrons. The van der Waals surface area contributed by atoms with Gasteiger partial charge in [-0.05, 0) is 43.5 Å². The van der Waals surface area contributed by atoms with Gasteiger partial charge in [-0.15, -0.1) is 0 Å². The Morgan fingerprint density at radius 1 is 1.19 bits per heavy atom. The molecular formula is C13H19NO2. The third-order valence-corrected chi connectivity index (χ3v) is 2.71. The average Bonchev–Trinajstić information content (AvgIpc) is 2.25. The second kappa shape index (κ2) is 5.54. The number of methoxy groups -OCH3 is 1. The molecule has 0 fully saturated rings. The van der Waals surface area contributed by atoms with Gasteiger partial charge in [0.25, 0.3) is 0 Å². The maximum absolute atomic E-state index is 10.9. The quantitative estimate of drug-likeness (QED) is 0.794. The zero-order valence-electron chi connectivity index (χ0n) is 10.4. The number of hydrogen-bond acceptors (Lipinski definition) is 3. The number of aryl methyl sites for hydroxylation is 3. The van der Waals surface area contributed by atoms with E-state index in [1.807, 2.05) is 0 Å². The lowest BCUT2D eigenvalue weighted by atomic mass is 10.0.